The standard InChI is InChI=1S/C14H22ClNS/c1-10-5-6-11(13(15)7-10)8-12(16)9-17-14(2,3)4/h5-7,12H,8-9,16H2,1-4H3. The summed E-state index contributed by atoms with van der Waals surface area (Å²) in [5.41, 5.74) is 8.48. The molecule has 1 aromatic carbocycles. The fourth-order valence-corrected chi connectivity index (χ4v) is 2.66. The van der Waals surface area contributed by atoms with Crippen molar-refractivity contribution >= 4 is 23.4 Å². The first-order valence-corrected chi connectivity index (χ1v) is 7.29. The second kappa shape index (κ2) is 6.12. The zero-order chi connectivity index (χ0) is 13.1. The molecule has 1 atom stereocenters. The summed E-state index contributed by atoms with van der Waals surface area (Å²) in [5.74, 6) is 0.966. The first-order valence-electron chi connectivity index (χ1n) is 5.92. The molecule has 1 unspecified atom stereocenters. The van der Waals surface area contributed by atoms with Crippen LogP contribution in [0.15, 0.2) is 18.2 Å². The van der Waals surface area contributed by atoms with Crippen LogP contribution in [0.5, 0.6) is 0 Å². The van der Waals surface area contributed by atoms with Crippen molar-refractivity contribution in [1.29, 1.82) is 0 Å². The van der Waals surface area contributed by atoms with Crippen LogP contribution in [0.4, 0.5) is 0 Å². The van der Waals surface area contributed by atoms with Gasteiger partial charge in [-0.3, -0.25) is 0 Å². The second-order valence-corrected chi connectivity index (χ2v) is 7.74. The largest absolute Gasteiger partial charge is 0.327 e. The first kappa shape index (κ1) is 14.9. The van der Waals surface area contributed by atoms with Crippen molar-refractivity contribution in [3.05, 3.63) is 34.3 Å². The third kappa shape index (κ3) is 5.80. The van der Waals surface area contributed by atoms with Crippen molar-refractivity contribution in [2.75, 3.05) is 5.75 Å². The van der Waals surface area contributed by atoms with Crippen LogP contribution in [0, 0.1) is 6.92 Å². The molecule has 0 radical (unpaired) electrons. The van der Waals surface area contributed by atoms with Gasteiger partial charge in [0.1, 0.15) is 0 Å². The molecule has 2 N–H and O–H groups in total. The number of halogens is 1. The molecule has 0 heterocycles. The van der Waals surface area contributed by atoms with E-state index >= 15 is 0 Å². The van der Waals surface area contributed by atoms with Gasteiger partial charge in [-0.1, -0.05) is 44.5 Å². The van der Waals surface area contributed by atoms with Gasteiger partial charge in [-0.05, 0) is 30.5 Å². The van der Waals surface area contributed by atoms with Gasteiger partial charge in [0, 0.05) is 21.6 Å². The van der Waals surface area contributed by atoms with Crippen LogP contribution in [-0.2, 0) is 6.42 Å². The van der Waals surface area contributed by atoms with E-state index in [4.69, 9.17) is 17.3 Å². The quantitative estimate of drug-likeness (QED) is 0.894. The van der Waals surface area contributed by atoms with Crippen LogP contribution in [-0.4, -0.2) is 16.5 Å². The van der Waals surface area contributed by atoms with Gasteiger partial charge in [-0.15, -0.1) is 0 Å². The average molecular weight is 272 g/mol. The zero-order valence-electron chi connectivity index (χ0n) is 11.1. The molecule has 0 fully saturated rings. The summed E-state index contributed by atoms with van der Waals surface area (Å²) in [6, 6.07) is 6.34. The Kier molecular flexibility index (Phi) is 5.36. The molecule has 3 heteroatoms. The highest BCUT2D eigenvalue weighted by molar-refractivity contribution is 8.00. The number of aryl methyl sites for hydroxylation is 1. The Labute approximate surface area is 114 Å². The lowest BCUT2D eigenvalue weighted by Gasteiger charge is -2.21. The zero-order valence-corrected chi connectivity index (χ0v) is 12.7. The fraction of sp³-hybridized carbons (Fsp3) is 0.571. The van der Waals surface area contributed by atoms with E-state index in [1.165, 1.54) is 5.56 Å². The van der Waals surface area contributed by atoms with Crippen molar-refractivity contribution in [2.45, 2.75) is 44.9 Å². The molecule has 0 saturated heterocycles. The van der Waals surface area contributed by atoms with Crippen LogP contribution < -0.4 is 5.73 Å². The lowest BCUT2D eigenvalue weighted by atomic mass is 10.1. The Hall–Kier alpha value is -0.180. The number of benzene rings is 1. The summed E-state index contributed by atoms with van der Waals surface area (Å²) < 4.78 is 0.273. The molecule has 17 heavy (non-hydrogen) atoms. The van der Waals surface area contributed by atoms with E-state index in [-0.39, 0.29) is 10.8 Å². The van der Waals surface area contributed by atoms with Gasteiger partial charge >= 0.3 is 0 Å². The molecule has 1 nitrogen and oxygen atoms in total. The SMILES string of the molecule is Cc1ccc(CC(N)CSC(C)(C)C)c(Cl)c1. The van der Waals surface area contributed by atoms with Gasteiger partial charge in [0.2, 0.25) is 0 Å². The Bertz CT molecular complexity index is 371. The smallest absolute Gasteiger partial charge is 0.0441 e. The van der Waals surface area contributed by atoms with E-state index in [9.17, 15) is 0 Å². The Morgan fingerprint density at radius 2 is 2.00 bits per heavy atom. The van der Waals surface area contributed by atoms with Gasteiger partial charge in [-0.25, -0.2) is 0 Å². The second-order valence-electron chi connectivity index (χ2n) is 5.48. The van der Waals surface area contributed by atoms with Gasteiger partial charge in [0.15, 0.2) is 0 Å². The van der Waals surface area contributed by atoms with Crippen LogP contribution in [0.3, 0.4) is 0 Å². The molecule has 0 aliphatic rings. The number of hydrogen-bond donors (Lipinski definition) is 1. The fourth-order valence-electron chi connectivity index (χ4n) is 1.52. The minimum absolute atomic E-state index is 0.166. The Balaban J connectivity index is 2.53. The van der Waals surface area contributed by atoms with Crippen molar-refractivity contribution in [2.24, 2.45) is 5.73 Å². The lowest BCUT2D eigenvalue weighted by molar-refractivity contribution is 0.734. The molecule has 0 aliphatic heterocycles. The number of thioether (sulfide) groups is 1. The minimum atomic E-state index is 0.166. The molecular formula is C14H22ClNS. The van der Waals surface area contributed by atoms with Gasteiger partial charge in [0.05, 0.1) is 0 Å². The van der Waals surface area contributed by atoms with E-state index in [1.54, 1.807) is 0 Å². The molecule has 1 aromatic rings. The summed E-state index contributed by atoms with van der Waals surface area (Å²) >= 11 is 8.10. The minimum Gasteiger partial charge on any atom is -0.327 e. The predicted octanol–water partition coefficient (Wildman–Crippen LogP) is 4.05. The van der Waals surface area contributed by atoms with E-state index in [0.29, 0.717) is 0 Å². The molecule has 0 aliphatic carbocycles. The van der Waals surface area contributed by atoms with Gasteiger partial charge in [0.25, 0.3) is 0 Å². The lowest BCUT2D eigenvalue weighted by Crippen LogP contribution is -2.28. The maximum Gasteiger partial charge on any atom is 0.0441 e. The third-order valence-corrected chi connectivity index (χ3v) is 4.23. The van der Waals surface area contributed by atoms with E-state index in [1.807, 2.05) is 24.8 Å². The Morgan fingerprint density at radius 1 is 1.35 bits per heavy atom. The summed E-state index contributed by atoms with van der Waals surface area (Å²) in [4.78, 5) is 0. The third-order valence-electron chi connectivity index (χ3n) is 2.42. The average Bonchev–Trinajstić information content (AvgIpc) is 2.18. The summed E-state index contributed by atoms with van der Waals surface area (Å²) in [5, 5.41) is 0.834. The highest BCUT2D eigenvalue weighted by Crippen LogP contribution is 2.25. The molecule has 96 valence electrons. The summed E-state index contributed by atoms with van der Waals surface area (Å²) in [6.07, 6.45) is 0.849. The summed E-state index contributed by atoms with van der Waals surface area (Å²) in [7, 11) is 0. The monoisotopic (exact) mass is 271 g/mol. The predicted molar refractivity (Wildman–Crippen MR) is 80.1 cm³/mol. The molecular weight excluding hydrogens is 250 g/mol. The van der Waals surface area contributed by atoms with Crippen LogP contribution in [0.25, 0.3) is 0 Å². The first-order chi connectivity index (χ1) is 7.78. The maximum atomic E-state index is 6.20. The van der Waals surface area contributed by atoms with Crippen molar-refractivity contribution in [3.63, 3.8) is 0 Å². The van der Waals surface area contributed by atoms with Crippen molar-refractivity contribution in [3.8, 4) is 0 Å². The molecule has 0 aromatic heterocycles. The molecule has 1 rings (SSSR count). The molecule has 0 amide bonds. The molecule has 0 spiro atoms. The van der Waals surface area contributed by atoms with Crippen molar-refractivity contribution in [1.82, 2.24) is 0 Å². The van der Waals surface area contributed by atoms with Gasteiger partial charge < -0.3 is 5.73 Å². The highest BCUT2D eigenvalue weighted by Gasteiger charge is 2.14. The topological polar surface area (TPSA) is 26.0 Å². The number of nitrogens with two attached hydrogens (primary N) is 1. The van der Waals surface area contributed by atoms with Gasteiger partial charge in [-0.2, -0.15) is 11.8 Å². The molecule has 0 saturated carbocycles. The van der Waals surface area contributed by atoms with Crippen molar-refractivity contribution < 1.29 is 0 Å². The highest BCUT2D eigenvalue weighted by atomic mass is 35.5. The van der Waals surface area contributed by atoms with Crippen LogP contribution >= 0.6 is 23.4 Å². The number of hydrogen-bond acceptors (Lipinski definition) is 2. The summed E-state index contributed by atoms with van der Waals surface area (Å²) in [6.45, 7) is 8.68. The molecule has 0 bridgehead atoms. The van der Waals surface area contributed by atoms with E-state index in [0.717, 1.165) is 22.8 Å². The van der Waals surface area contributed by atoms with Crippen LogP contribution in [0.2, 0.25) is 5.02 Å². The van der Waals surface area contributed by atoms with E-state index < -0.39 is 0 Å². The maximum absolute atomic E-state index is 6.20. The normalized spacial score (nSPS) is 13.8. The number of rotatable bonds is 4. The van der Waals surface area contributed by atoms with Crippen LogP contribution in [0.1, 0.15) is 31.9 Å². The Morgan fingerprint density at radius 3 is 2.53 bits per heavy atom. The van der Waals surface area contributed by atoms with E-state index in [2.05, 4.69) is 32.9 Å².